The normalized spacial score (nSPS) is 35.6. The minimum atomic E-state index is 0.652. The predicted octanol–water partition coefficient (Wildman–Crippen LogP) is 2.89. The van der Waals surface area contributed by atoms with Crippen LogP contribution >= 0.6 is 0 Å². The molecule has 2 aliphatic rings. The SMILES string of the molecule is CC(CNC1CCC2CCCCC2C1)N(C)C. The lowest BCUT2D eigenvalue weighted by molar-refractivity contribution is 0.140. The lowest BCUT2D eigenvalue weighted by Crippen LogP contribution is -2.44. The van der Waals surface area contributed by atoms with Crippen molar-refractivity contribution in [3.63, 3.8) is 0 Å². The van der Waals surface area contributed by atoms with Gasteiger partial charge < -0.3 is 10.2 Å². The Morgan fingerprint density at radius 2 is 1.76 bits per heavy atom. The van der Waals surface area contributed by atoms with E-state index in [-0.39, 0.29) is 0 Å². The van der Waals surface area contributed by atoms with Gasteiger partial charge in [0.1, 0.15) is 0 Å². The van der Waals surface area contributed by atoms with Crippen molar-refractivity contribution in [1.82, 2.24) is 10.2 Å². The number of rotatable bonds is 4. The van der Waals surface area contributed by atoms with E-state index < -0.39 is 0 Å². The number of likely N-dealkylation sites (N-methyl/N-ethyl adjacent to an activating group) is 1. The van der Waals surface area contributed by atoms with Crippen LogP contribution in [-0.2, 0) is 0 Å². The van der Waals surface area contributed by atoms with Gasteiger partial charge in [-0.05, 0) is 52.1 Å². The Hall–Kier alpha value is -0.0800. The zero-order valence-corrected chi connectivity index (χ0v) is 11.9. The summed E-state index contributed by atoms with van der Waals surface area (Å²) in [7, 11) is 4.34. The molecule has 2 heteroatoms. The summed E-state index contributed by atoms with van der Waals surface area (Å²) in [6, 6.07) is 1.45. The zero-order valence-electron chi connectivity index (χ0n) is 11.9. The van der Waals surface area contributed by atoms with Crippen molar-refractivity contribution in [2.45, 2.75) is 64.0 Å². The van der Waals surface area contributed by atoms with Crippen LogP contribution in [0.4, 0.5) is 0 Å². The van der Waals surface area contributed by atoms with E-state index in [0.717, 1.165) is 24.4 Å². The second kappa shape index (κ2) is 6.19. The molecule has 0 aromatic heterocycles. The molecule has 2 rings (SSSR count). The number of nitrogens with zero attached hydrogens (tertiary/aromatic N) is 1. The van der Waals surface area contributed by atoms with Gasteiger partial charge in [-0.3, -0.25) is 0 Å². The van der Waals surface area contributed by atoms with Gasteiger partial charge in [0.25, 0.3) is 0 Å². The molecule has 0 aromatic carbocycles. The van der Waals surface area contributed by atoms with Crippen LogP contribution < -0.4 is 5.32 Å². The second-order valence-corrected chi connectivity index (χ2v) is 6.54. The van der Waals surface area contributed by atoms with E-state index in [0.29, 0.717) is 6.04 Å². The Morgan fingerprint density at radius 3 is 2.47 bits per heavy atom. The van der Waals surface area contributed by atoms with Crippen LogP contribution in [0, 0.1) is 11.8 Å². The molecule has 0 amide bonds. The van der Waals surface area contributed by atoms with E-state index in [9.17, 15) is 0 Å². The van der Waals surface area contributed by atoms with Crippen molar-refractivity contribution < 1.29 is 0 Å². The highest BCUT2D eigenvalue weighted by Gasteiger charge is 2.31. The second-order valence-electron chi connectivity index (χ2n) is 6.54. The number of hydrogen-bond donors (Lipinski definition) is 1. The van der Waals surface area contributed by atoms with Gasteiger partial charge in [0.05, 0.1) is 0 Å². The molecule has 100 valence electrons. The van der Waals surface area contributed by atoms with Crippen LogP contribution in [0.15, 0.2) is 0 Å². The summed E-state index contributed by atoms with van der Waals surface area (Å²) in [6.45, 7) is 3.45. The number of nitrogens with one attached hydrogen (secondary N) is 1. The summed E-state index contributed by atoms with van der Waals surface area (Å²) >= 11 is 0. The predicted molar refractivity (Wildman–Crippen MR) is 74.2 cm³/mol. The fourth-order valence-electron chi connectivity index (χ4n) is 3.58. The molecule has 0 bridgehead atoms. The highest BCUT2D eigenvalue weighted by Crippen LogP contribution is 2.40. The molecule has 4 atom stereocenters. The van der Waals surface area contributed by atoms with Crippen LogP contribution in [0.25, 0.3) is 0 Å². The summed E-state index contributed by atoms with van der Waals surface area (Å²) in [6.07, 6.45) is 10.4. The van der Waals surface area contributed by atoms with Gasteiger partial charge in [0.2, 0.25) is 0 Å². The van der Waals surface area contributed by atoms with Crippen molar-refractivity contribution >= 4 is 0 Å². The van der Waals surface area contributed by atoms with E-state index in [2.05, 4.69) is 31.2 Å². The van der Waals surface area contributed by atoms with E-state index in [1.807, 2.05) is 0 Å². The van der Waals surface area contributed by atoms with E-state index in [1.165, 1.54) is 44.9 Å². The first-order valence-electron chi connectivity index (χ1n) is 7.56. The van der Waals surface area contributed by atoms with Crippen molar-refractivity contribution in [1.29, 1.82) is 0 Å². The van der Waals surface area contributed by atoms with Crippen LogP contribution in [-0.4, -0.2) is 37.6 Å². The first kappa shape index (κ1) is 13.4. The average molecular weight is 238 g/mol. The molecule has 2 saturated carbocycles. The lowest BCUT2D eigenvalue weighted by atomic mass is 9.69. The van der Waals surface area contributed by atoms with Gasteiger partial charge in [0, 0.05) is 18.6 Å². The topological polar surface area (TPSA) is 15.3 Å². The molecule has 0 saturated heterocycles. The first-order valence-corrected chi connectivity index (χ1v) is 7.56. The third kappa shape index (κ3) is 3.69. The van der Waals surface area contributed by atoms with Crippen LogP contribution in [0.2, 0.25) is 0 Å². The molecular formula is C15H30N2. The van der Waals surface area contributed by atoms with Gasteiger partial charge in [-0.25, -0.2) is 0 Å². The third-order valence-electron chi connectivity index (χ3n) is 5.12. The largest absolute Gasteiger partial charge is 0.312 e. The maximum atomic E-state index is 3.79. The molecular weight excluding hydrogens is 208 g/mol. The fraction of sp³-hybridized carbons (Fsp3) is 1.00. The van der Waals surface area contributed by atoms with Crippen molar-refractivity contribution in [3.8, 4) is 0 Å². The van der Waals surface area contributed by atoms with Crippen LogP contribution in [0.3, 0.4) is 0 Å². The lowest BCUT2D eigenvalue weighted by Gasteiger charge is -2.40. The maximum Gasteiger partial charge on any atom is 0.0186 e. The summed E-state index contributed by atoms with van der Waals surface area (Å²) < 4.78 is 0. The molecule has 2 nitrogen and oxygen atoms in total. The minimum absolute atomic E-state index is 0.652. The summed E-state index contributed by atoms with van der Waals surface area (Å²) in [5, 5.41) is 3.79. The molecule has 2 aliphatic carbocycles. The highest BCUT2D eigenvalue weighted by atomic mass is 15.1. The maximum absolute atomic E-state index is 3.79. The van der Waals surface area contributed by atoms with Crippen molar-refractivity contribution in [2.24, 2.45) is 11.8 Å². The molecule has 0 aliphatic heterocycles. The Bertz CT molecular complexity index is 227. The highest BCUT2D eigenvalue weighted by molar-refractivity contribution is 4.86. The van der Waals surface area contributed by atoms with Gasteiger partial charge in [0.15, 0.2) is 0 Å². The Kier molecular flexibility index (Phi) is 4.87. The summed E-state index contributed by atoms with van der Waals surface area (Å²) in [5.41, 5.74) is 0. The molecule has 0 radical (unpaired) electrons. The van der Waals surface area contributed by atoms with Gasteiger partial charge in [-0.2, -0.15) is 0 Å². The fourth-order valence-corrected chi connectivity index (χ4v) is 3.58. The van der Waals surface area contributed by atoms with Crippen molar-refractivity contribution in [3.05, 3.63) is 0 Å². The van der Waals surface area contributed by atoms with E-state index in [1.54, 1.807) is 0 Å². The first-order chi connectivity index (χ1) is 8.16. The third-order valence-corrected chi connectivity index (χ3v) is 5.12. The molecule has 2 fully saturated rings. The average Bonchev–Trinajstić information content (AvgIpc) is 2.35. The quantitative estimate of drug-likeness (QED) is 0.810. The summed E-state index contributed by atoms with van der Waals surface area (Å²) in [4.78, 5) is 2.30. The zero-order chi connectivity index (χ0) is 12.3. The Morgan fingerprint density at radius 1 is 1.06 bits per heavy atom. The molecule has 0 spiro atoms. The van der Waals surface area contributed by atoms with Gasteiger partial charge >= 0.3 is 0 Å². The molecule has 1 N–H and O–H groups in total. The van der Waals surface area contributed by atoms with Gasteiger partial charge in [-0.1, -0.05) is 25.7 Å². The number of hydrogen-bond acceptors (Lipinski definition) is 2. The Balaban J connectivity index is 1.72. The molecule has 4 unspecified atom stereocenters. The smallest absolute Gasteiger partial charge is 0.0186 e. The summed E-state index contributed by atoms with van der Waals surface area (Å²) in [5.74, 6) is 2.12. The standard InChI is InChI=1S/C15H30N2/c1-12(17(2)3)11-16-15-9-8-13-6-4-5-7-14(13)10-15/h12-16H,4-11H2,1-3H3. The van der Waals surface area contributed by atoms with Crippen molar-refractivity contribution in [2.75, 3.05) is 20.6 Å². The van der Waals surface area contributed by atoms with Gasteiger partial charge in [-0.15, -0.1) is 0 Å². The minimum Gasteiger partial charge on any atom is -0.312 e. The van der Waals surface area contributed by atoms with Crippen LogP contribution in [0.5, 0.6) is 0 Å². The monoisotopic (exact) mass is 238 g/mol. The number of fused-ring (bicyclic) bond motifs is 1. The van der Waals surface area contributed by atoms with E-state index >= 15 is 0 Å². The van der Waals surface area contributed by atoms with E-state index in [4.69, 9.17) is 0 Å². The molecule has 0 aromatic rings. The Labute approximate surface area is 107 Å². The molecule has 17 heavy (non-hydrogen) atoms. The van der Waals surface area contributed by atoms with Crippen LogP contribution in [0.1, 0.15) is 51.9 Å². The molecule has 0 heterocycles.